The molecule has 0 aliphatic carbocycles. The Bertz CT molecular complexity index is 579. The van der Waals surface area contributed by atoms with Crippen molar-refractivity contribution in [2.75, 3.05) is 30.9 Å². The Morgan fingerprint density at radius 1 is 1.50 bits per heavy atom. The molecule has 1 saturated heterocycles. The topological polar surface area (TPSA) is 72.4 Å². The largest absolute Gasteiger partial charge is 0.377 e. The summed E-state index contributed by atoms with van der Waals surface area (Å²) in [6, 6.07) is 1.68. The summed E-state index contributed by atoms with van der Waals surface area (Å²) in [6.45, 7) is 3.97. The number of anilines is 1. The summed E-state index contributed by atoms with van der Waals surface area (Å²) in [7, 11) is -3.15. The third-order valence-electron chi connectivity index (χ3n) is 3.10. The van der Waals surface area contributed by atoms with Gasteiger partial charge in [0.2, 0.25) is 5.95 Å². The SMILES string of the molecule is CC[C@H]1COCCN1c1nc(Cl)cc(CS(C)(=O)=O)n1. The van der Waals surface area contributed by atoms with E-state index in [2.05, 4.69) is 16.9 Å². The van der Waals surface area contributed by atoms with Crippen molar-refractivity contribution in [1.29, 1.82) is 0 Å². The third-order valence-corrected chi connectivity index (χ3v) is 4.12. The van der Waals surface area contributed by atoms with Gasteiger partial charge >= 0.3 is 0 Å². The first-order valence-electron chi connectivity index (χ1n) is 6.44. The lowest BCUT2D eigenvalue weighted by atomic mass is 10.2. The van der Waals surface area contributed by atoms with Crippen LogP contribution in [0, 0.1) is 0 Å². The molecular weight excluding hydrogens is 302 g/mol. The van der Waals surface area contributed by atoms with Crippen molar-refractivity contribution >= 4 is 27.4 Å². The van der Waals surface area contributed by atoms with Crippen LogP contribution in [0.25, 0.3) is 0 Å². The van der Waals surface area contributed by atoms with Gasteiger partial charge in [-0.3, -0.25) is 0 Å². The molecule has 0 aromatic carbocycles. The van der Waals surface area contributed by atoms with Crippen LogP contribution in [0.3, 0.4) is 0 Å². The van der Waals surface area contributed by atoms with E-state index in [0.717, 1.165) is 6.42 Å². The van der Waals surface area contributed by atoms with Gasteiger partial charge in [-0.1, -0.05) is 18.5 Å². The molecule has 0 radical (unpaired) electrons. The number of hydrogen-bond donors (Lipinski definition) is 0. The first-order chi connectivity index (χ1) is 9.39. The predicted molar refractivity (Wildman–Crippen MR) is 77.8 cm³/mol. The molecule has 2 rings (SSSR count). The molecule has 1 atom stereocenters. The maximum atomic E-state index is 11.4. The molecule has 0 bridgehead atoms. The van der Waals surface area contributed by atoms with Gasteiger partial charge in [-0.15, -0.1) is 0 Å². The van der Waals surface area contributed by atoms with Crippen molar-refractivity contribution in [1.82, 2.24) is 9.97 Å². The van der Waals surface area contributed by atoms with E-state index in [1.807, 2.05) is 4.90 Å². The van der Waals surface area contributed by atoms with E-state index in [4.69, 9.17) is 16.3 Å². The quantitative estimate of drug-likeness (QED) is 0.779. The second kappa shape index (κ2) is 6.24. The molecule has 0 unspecified atom stereocenters. The number of hydrogen-bond acceptors (Lipinski definition) is 6. The van der Waals surface area contributed by atoms with Crippen LogP contribution < -0.4 is 4.90 Å². The molecule has 1 aromatic heterocycles. The van der Waals surface area contributed by atoms with E-state index in [1.165, 1.54) is 12.3 Å². The van der Waals surface area contributed by atoms with Gasteiger partial charge in [-0.05, 0) is 12.5 Å². The van der Waals surface area contributed by atoms with Crippen LogP contribution in [0.15, 0.2) is 6.07 Å². The second-order valence-corrected chi connectivity index (χ2v) is 7.41. The Labute approximate surface area is 124 Å². The number of nitrogens with zero attached hydrogens (tertiary/aromatic N) is 3. The highest BCUT2D eigenvalue weighted by Crippen LogP contribution is 2.20. The van der Waals surface area contributed by atoms with Crippen molar-refractivity contribution < 1.29 is 13.2 Å². The molecule has 0 saturated carbocycles. The van der Waals surface area contributed by atoms with Gasteiger partial charge in [0.1, 0.15) is 5.15 Å². The van der Waals surface area contributed by atoms with Gasteiger partial charge < -0.3 is 9.64 Å². The van der Waals surface area contributed by atoms with Crippen LogP contribution in [0.4, 0.5) is 5.95 Å². The van der Waals surface area contributed by atoms with Crippen molar-refractivity contribution in [2.24, 2.45) is 0 Å². The maximum absolute atomic E-state index is 11.4. The lowest BCUT2D eigenvalue weighted by Crippen LogP contribution is -2.46. The van der Waals surface area contributed by atoms with Crippen LogP contribution >= 0.6 is 11.6 Å². The summed E-state index contributed by atoms with van der Waals surface area (Å²) >= 11 is 5.99. The third kappa shape index (κ3) is 4.04. The zero-order valence-corrected chi connectivity index (χ0v) is 13.1. The van der Waals surface area contributed by atoms with Gasteiger partial charge in [0.05, 0.1) is 30.7 Å². The Kier molecular flexibility index (Phi) is 4.82. The summed E-state index contributed by atoms with van der Waals surface area (Å²) in [6.07, 6.45) is 2.07. The Morgan fingerprint density at radius 3 is 2.90 bits per heavy atom. The molecule has 8 heteroatoms. The summed E-state index contributed by atoms with van der Waals surface area (Å²) in [5, 5.41) is 0.259. The Balaban J connectivity index is 2.31. The van der Waals surface area contributed by atoms with Crippen molar-refractivity contribution in [3.05, 3.63) is 16.9 Å². The van der Waals surface area contributed by atoms with E-state index < -0.39 is 9.84 Å². The molecule has 1 fully saturated rings. The summed E-state index contributed by atoms with van der Waals surface area (Å²) < 4.78 is 28.2. The zero-order chi connectivity index (χ0) is 14.8. The standard InChI is InChI=1S/C12H18ClN3O3S/c1-3-10-7-19-5-4-16(10)12-14-9(6-11(13)15-12)8-20(2,17)18/h6,10H,3-5,7-8H2,1-2H3/t10-/m0/s1. The van der Waals surface area contributed by atoms with Crippen LogP contribution in [0.1, 0.15) is 19.0 Å². The molecule has 0 amide bonds. The highest BCUT2D eigenvalue weighted by atomic mass is 35.5. The van der Waals surface area contributed by atoms with E-state index >= 15 is 0 Å². The minimum Gasteiger partial charge on any atom is -0.377 e. The maximum Gasteiger partial charge on any atom is 0.227 e. The fourth-order valence-corrected chi connectivity index (χ4v) is 3.07. The van der Waals surface area contributed by atoms with E-state index in [1.54, 1.807) is 0 Å². The van der Waals surface area contributed by atoms with Crippen molar-refractivity contribution in [3.63, 3.8) is 0 Å². The summed E-state index contributed by atoms with van der Waals surface area (Å²) in [4.78, 5) is 10.6. The minimum absolute atomic E-state index is 0.136. The van der Waals surface area contributed by atoms with Crippen LogP contribution in [-0.2, 0) is 20.3 Å². The van der Waals surface area contributed by atoms with Gasteiger partial charge in [-0.2, -0.15) is 0 Å². The summed E-state index contributed by atoms with van der Waals surface area (Å²) in [5.74, 6) is 0.343. The first kappa shape index (κ1) is 15.5. The van der Waals surface area contributed by atoms with Gasteiger partial charge in [0.25, 0.3) is 0 Å². The molecule has 20 heavy (non-hydrogen) atoms. The molecule has 1 aliphatic rings. The molecule has 2 heterocycles. The van der Waals surface area contributed by atoms with Crippen LogP contribution in [0.2, 0.25) is 5.15 Å². The fraction of sp³-hybridized carbons (Fsp3) is 0.667. The van der Waals surface area contributed by atoms with E-state index in [0.29, 0.717) is 31.4 Å². The molecule has 1 aromatic rings. The fourth-order valence-electron chi connectivity index (χ4n) is 2.18. The number of morpholine rings is 1. The smallest absolute Gasteiger partial charge is 0.227 e. The lowest BCUT2D eigenvalue weighted by Gasteiger charge is -2.35. The molecule has 0 spiro atoms. The van der Waals surface area contributed by atoms with Crippen LogP contribution in [0.5, 0.6) is 0 Å². The first-order valence-corrected chi connectivity index (χ1v) is 8.88. The average molecular weight is 320 g/mol. The number of halogens is 1. The lowest BCUT2D eigenvalue weighted by molar-refractivity contribution is 0.0921. The number of rotatable bonds is 4. The molecule has 112 valence electrons. The average Bonchev–Trinajstić information content (AvgIpc) is 2.36. The van der Waals surface area contributed by atoms with Crippen molar-refractivity contribution in [3.8, 4) is 0 Å². The molecule has 6 nitrogen and oxygen atoms in total. The monoisotopic (exact) mass is 319 g/mol. The minimum atomic E-state index is -3.15. The Morgan fingerprint density at radius 2 is 2.25 bits per heavy atom. The van der Waals surface area contributed by atoms with Gasteiger partial charge in [-0.25, -0.2) is 18.4 Å². The predicted octanol–water partition coefficient (Wildman–Crippen LogP) is 1.29. The number of sulfone groups is 1. The van der Waals surface area contributed by atoms with E-state index in [9.17, 15) is 8.42 Å². The molecule has 0 N–H and O–H groups in total. The molecular formula is C12H18ClN3O3S. The van der Waals surface area contributed by atoms with E-state index in [-0.39, 0.29) is 16.9 Å². The summed E-state index contributed by atoms with van der Waals surface area (Å²) in [5.41, 5.74) is 0.420. The second-order valence-electron chi connectivity index (χ2n) is 4.88. The Hall–Kier alpha value is -0.920. The van der Waals surface area contributed by atoms with Gasteiger partial charge in [0.15, 0.2) is 9.84 Å². The molecule has 1 aliphatic heterocycles. The van der Waals surface area contributed by atoms with Crippen LogP contribution in [-0.4, -0.2) is 50.4 Å². The van der Waals surface area contributed by atoms with Crippen molar-refractivity contribution in [2.45, 2.75) is 25.1 Å². The van der Waals surface area contributed by atoms with Gasteiger partial charge in [0, 0.05) is 12.8 Å². The zero-order valence-electron chi connectivity index (χ0n) is 11.5. The highest BCUT2D eigenvalue weighted by molar-refractivity contribution is 7.89. The highest BCUT2D eigenvalue weighted by Gasteiger charge is 2.24. The number of aromatic nitrogens is 2. The normalized spacial score (nSPS) is 20.1. The number of ether oxygens (including phenoxy) is 1.